The molecule has 1 atom stereocenters. The Morgan fingerprint density at radius 2 is 1.73 bits per heavy atom. The van der Waals surface area contributed by atoms with E-state index < -0.39 is 35.1 Å². The van der Waals surface area contributed by atoms with Crippen molar-refractivity contribution in [2.24, 2.45) is 0 Å². The highest BCUT2D eigenvalue weighted by atomic mass is 19.4. The Kier molecular flexibility index (Phi) is 6.39. The lowest BCUT2D eigenvalue weighted by Gasteiger charge is -2.36. The van der Waals surface area contributed by atoms with Crippen LogP contribution in [0.4, 0.5) is 18.9 Å². The molecule has 0 spiro atoms. The average molecular weight is 462 g/mol. The number of alkyl halides is 3. The zero-order valence-corrected chi connectivity index (χ0v) is 18.7. The Labute approximate surface area is 188 Å². The number of aromatic nitrogens is 1. The van der Waals surface area contributed by atoms with Gasteiger partial charge < -0.3 is 14.9 Å². The number of aryl methyl sites for hydroxylation is 2. The number of hydrogen-bond acceptors (Lipinski definition) is 5. The van der Waals surface area contributed by atoms with Crippen LogP contribution < -0.4 is 10.9 Å². The Morgan fingerprint density at radius 3 is 2.30 bits per heavy atom. The Morgan fingerprint density at radius 1 is 1.09 bits per heavy atom. The average Bonchev–Trinajstić information content (AvgIpc) is 2.73. The molecule has 0 saturated heterocycles. The third kappa shape index (κ3) is 4.78. The summed E-state index contributed by atoms with van der Waals surface area (Å²) in [5.41, 5.74) is -3.64. The maximum absolute atomic E-state index is 14.0. The molecule has 176 valence electrons. The van der Waals surface area contributed by atoms with Crippen LogP contribution in [0.1, 0.15) is 44.0 Å². The first-order valence-electron chi connectivity index (χ1n) is 10.4. The fraction of sp³-hybridized carbons (Fsp3) is 0.375. The smallest absolute Gasteiger partial charge is 0.373 e. The molecule has 0 fully saturated rings. The number of carbonyl (C=O) groups excluding carboxylic acids is 1. The number of halogens is 3. The first-order chi connectivity index (χ1) is 15.3. The second kappa shape index (κ2) is 8.62. The number of amides is 1. The highest BCUT2D eigenvalue weighted by Gasteiger charge is 2.61. The summed E-state index contributed by atoms with van der Waals surface area (Å²) in [4.78, 5) is 24.7. The van der Waals surface area contributed by atoms with Crippen LogP contribution in [0.25, 0.3) is 10.8 Å². The van der Waals surface area contributed by atoms with Crippen molar-refractivity contribution < 1.29 is 27.6 Å². The molecule has 0 bridgehead atoms. The Bertz CT molecular complexity index is 1230. The third-order valence-corrected chi connectivity index (χ3v) is 5.76. The van der Waals surface area contributed by atoms with Gasteiger partial charge in [0.1, 0.15) is 0 Å². The van der Waals surface area contributed by atoms with Crippen molar-refractivity contribution in [3.63, 3.8) is 0 Å². The van der Waals surface area contributed by atoms with E-state index in [4.69, 9.17) is 4.52 Å². The largest absolute Gasteiger partial charge is 0.426 e. The van der Waals surface area contributed by atoms with Crippen molar-refractivity contribution >= 4 is 22.4 Å². The van der Waals surface area contributed by atoms with Gasteiger partial charge in [0.15, 0.2) is 0 Å². The second-order valence-corrected chi connectivity index (χ2v) is 8.77. The molecule has 1 amide bonds. The van der Waals surface area contributed by atoms with Gasteiger partial charge in [-0.3, -0.25) is 4.79 Å². The van der Waals surface area contributed by atoms with Crippen molar-refractivity contribution in [1.29, 1.82) is 0 Å². The molecule has 9 heteroatoms. The van der Waals surface area contributed by atoms with E-state index in [2.05, 4.69) is 10.5 Å². The van der Waals surface area contributed by atoms with Gasteiger partial charge in [0, 0.05) is 17.5 Å². The predicted octanol–water partition coefficient (Wildman–Crippen LogP) is 4.66. The van der Waals surface area contributed by atoms with Crippen LogP contribution in [0.3, 0.4) is 0 Å². The fourth-order valence-corrected chi connectivity index (χ4v) is 3.78. The SMILES string of the molecule is CCc1noc(=O)c2ccc(NC(=O)C(O)(CC(C)(C)c3ccc(C)cc3)C(F)(F)F)cc12. The number of aliphatic hydroxyl groups is 1. The van der Waals surface area contributed by atoms with E-state index in [1.807, 2.05) is 6.92 Å². The summed E-state index contributed by atoms with van der Waals surface area (Å²) in [5, 5.41) is 17.1. The molecule has 2 aromatic carbocycles. The van der Waals surface area contributed by atoms with Crippen molar-refractivity contribution in [3.8, 4) is 0 Å². The molecular formula is C24H25F3N2O4. The van der Waals surface area contributed by atoms with Gasteiger partial charge in [0.25, 0.3) is 5.91 Å². The van der Waals surface area contributed by atoms with Crippen LogP contribution in [0.5, 0.6) is 0 Å². The van der Waals surface area contributed by atoms with Crippen molar-refractivity contribution in [1.82, 2.24) is 5.16 Å². The van der Waals surface area contributed by atoms with Crippen LogP contribution >= 0.6 is 0 Å². The number of carbonyl (C=O) groups is 1. The third-order valence-electron chi connectivity index (χ3n) is 5.76. The molecule has 0 radical (unpaired) electrons. The summed E-state index contributed by atoms with van der Waals surface area (Å²) < 4.78 is 46.8. The van der Waals surface area contributed by atoms with Crippen LogP contribution in [0.15, 0.2) is 51.8 Å². The first kappa shape index (κ1) is 24.4. The van der Waals surface area contributed by atoms with E-state index in [1.54, 1.807) is 31.2 Å². The van der Waals surface area contributed by atoms with Gasteiger partial charge in [-0.1, -0.05) is 55.8 Å². The molecule has 0 aliphatic heterocycles. The summed E-state index contributed by atoms with van der Waals surface area (Å²) in [5.74, 6) is -1.61. The number of rotatable bonds is 6. The zero-order valence-electron chi connectivity index (χ0n) is 18.7. The minimum absolute atomic E-state index is 0.00887. The summed E-state index contributed by atoms with van der Waals surface area (Å²) in [6.45, 7) is 6.69. The molecule has 6 nitrogen and oxygen atoms in total. The van der Waals surface area contributed by atoms with Crippen LogP contribution in [0, 0.1) is 6.92 Å². The van der Waals surface area contributed by atoms with Gasteiger partial charge in [0.2, 0.25) is 5.60 Å². The number of fused-ring (bicyclic) bond motifs is 1. The topological polar surface area (TPSA) is 92.4 Å². The minimum Gasteiger partial charge on any atom is -0.373 e. The van der Waals surface area contributed by atoms with Crippen molar-refractivity contribution in [2.45, 2.75) is 57.7 Å². The summed E-state index contributed by atoms with van der Waals surface area (Å²) in [6.07, 6.45) is -5.72. The van der Waals surface area contributed by atoms with Crippen molar-refractivity contribution in [2.75, 3.05) is 5.32 Å². The van der Waals surface area contributed by atoms with Gasteiger partial charge in [-0.2, -0.15) is 13.2 Å². The van der Waals surface area contributed by atoms with Gasteiger partial charge in [-0.05, 0) is 42.5 Å². The first-order valence-corrected chi connectivity index (χ1v) is 10.4. The van der Waals surface area contributed by atoms with Crippen molar-refractivity contribution in [3.05, 3.63) is 69.7 Å². The Hall–Kier alpha value is -3.20. The summed E-state index contributed by atoms with van der Waals surface area (Å²) in [7, 11) is 0. The maximum Gasteiger partial charge on any atom is 0.426 e. The number of hydrogen-bond donors (Lipinski definition) is 2. The number of nitrogens with zero attached hydrogens (tertiary/aromatic N) is 1. The molecular weight excluding hydrogens is 437 g/mol. The second-order valence-electron chi connectivity index (χ2n) is 8.77. The van der Waals surface area contributed by atoms with E-state index in [0.29, 0.717) is 23.1 Å². The van der Waals surface area contributed by atoms with E-state index >= 15 is 0 Å². The van der Waals surface area contributed by atoms with Gasteiger partial charge in [0.05, 0.1) is 11.1 Å². The summed E-state index contributed by atoms with van der Waals surface area (Å²) >= 11 is 0. The standard InChI is InChI=1S/C24H25F3N2O4/c1-5-19-18-12-16(10-11-17(18)20(30)33-29-19)28-21(31)23(32,24(25,26)27)13-22(3,4)15-8-6-14(2)7-9-15/h6-12,32H,5,13H2,1-4H3,(H,28,31). The fourth-order valence-electron chi connectivity index (χ4n) is 3.78. The van der Waals surface area contributed by atoms with Gasteiger partial charge in [-0.15, -0.1) is 0 Å². The van der Waals surface area contributed by atoms with Gasteiger partial charge in [-0.25, -0.2) is 4.79 Å². The van der Waals surface area contributed by atoms with E-state index in [1.165, 1.54) is 32.0 Å². The zero-order chi connectivity index (χ0) is 24.6. The van der Waals surface area contributed by atoms with Crippen LogP contribution in [-0.4, -0.2) is 27.9 Å². The normalized spacial score (nSPS) is 14.2. The van der Waals surface area contributed by atoms with Gasteiger partial charge >= 0.3 is 11.8 Å². The van der Waals surface area contributed by atoms with Crippen LogP contribution in [0.2, 0.25) is 0 Å². The molecule has 3 aromatic rings. The molecule has 2 N–H and O–H groups in total. The molecule has 1 unspecified atom stereocenters. The molecule has 1 heterocycles. The highest BCUT2D eigenvalue weighted by Crippen LogP contribution is 2.42. The number of anilines is 1. The Balaban J connectivity index is 1.97. The lowest BCUT2D eigenvalue weighted by molar-refractivity contribution is -0.254. The lowest BCUT2D eigenvalue weighted by Crippen LogP contribution is -2.57. The van der Waals surface area contributed by atoms with E-state index in [0.717, 1.165) is 5.56 Å². The van der Waals surface area contributed by atoms with Crippen LogP contribution in [-0.2, 0) is 16.6 Å². The van der Waals surface area contributed by atoms with E-state index in [9.17, 15) is 27.9 Å². The maximum atomic E-state index is 14.0. The summed E-state index contributed by atoms with van der Waals surface area (Å²) in [6, 6.07) is 10.8. The molecule has 33 heavy (non-hydrogen) atoms. The highest BCUT2D eigenvalue weighted by molar-refractivity contribution is 5.99. The number of nitrogens with one attached hydrogen (secondary N) is 1. The number of benzene rings is 2. The monoisotopic (exact) mass is 462 g/mol. The molecule has 3 rings (SSSR count). The lowest BCUT2D eigenvalue weighted by atomic mass is 9.74. The molecule has 0 aliphatic rings. The molecule has 0 aliphatic carbocycles. The predicted molar refractivity (Wildman–Crippen MR) is 118 cm³/mol. The molecule has 0 saturated carbocycles. The van der Waals surface area contributed by atoms with E-state index in [-0.39, 0.29) is 11.1 Å². The quantitative estimate of drug-likeness (QED) is 0.556. The molecule has 1 aromatic heterocycles. The minimum atomic E-state index is -5.23.